The highest BCUT2D eigenvalue weighted by atomic mass is 32.2. The van der Waals surface area contributed by atoms with Crippen molar-refractivity contribution in [3.8, 4) is 0 Å². The van der Waals surface area contributed by atoms with Crippen LogP contribution >= 0.6 is 0 Å². The minimum Gasteiger partial charge on any atom is -0.368 e. The van der Waals surface area contributed by atoms with Gasteiger partial charge in [0, 0.05) is 38.2 Å². The van der Waals surface area contributed by atoms with Gasteiger partial charge in [-0.1, -0.05) is 0 Å². The fourth-order valence-corrected chi connectivity index (χ4v) is 4.07. The molecule has 0 saturated carbocycles. The van der Waals surface area contributed by atoms with Gasteiger partial charge in [-0.15, -0.1) is 0 Å². The second-order valence-electron chi connectivity index (χ2n) is 5.48. The Morgan fingerprint density at radius 2 is 1.81 bits per heavy atom. The zero-order valence-electron chi connectivity index (χ0n) is 12.3. The number of rotatable bonds is 3. The first-order valence-electron chi connectivity index (χ1n) is 6.61. The summed E-state index contributed by atoms with van der Waals surface area (Å²) in [5, 5.41) is 3.29. The lowest BCUT2D eigenvalue weighted by Crippen LogP contribution is -2.49. The molecule has 1 unspecified atom stereocenters. The van der Waals surface area contributed by atoms with E-state index in [-0.39, 0.29) is 15.8 Å². The molecule has 0 aromatic heterocycles. The quantitative estimate of drug-likeness (QED) is 0.857. The highest BCUT2D eigenvalue weighted by Crippen LogP contribution is 2.29. The Balaban J connectivity index is 2.56. The third-order valence-corrected chi connectivity index (χ3v) is 5.70. The van der Waals surface area contributed by atoms with E-state index in [9.17, 15) is 16.8 Å². The van der Waals surface area contributed by atoms with Crippen LogP contribution in [0.5, 0.6) is 0 Å². The van der Waals surface area contributed by atoms with Gasteiger partial charge in [-0.25, -0.2) is 16.8 Å². The van der Waals surface area contributed by atoms with Crippen molar-refractivity contribution >= 4 is 25.4 Å². The van der Waals surface area contributed by atoms with Gasteiger partial charge in [0.05, 0.1) is 15.5 Å². The van der Waals surface area contributed by atoms with Crippen LogP contribution in [-0.2, 0) is 19.7 Å². The Bertz CT molecular complexity index is 741. The van der Waals surface area contributed by atoms with Crippen molar-refractivity contribution in [3.05, 3.63) is 18.2 Å². The first kappa shape index (κ1) is 16.3. The van der Waals surface area contributed by atoms with Crippen molar-refractivity contribution in [1.82, 2.24) is 5.32 Å². The molecule has 0 aliphatic carbocycles. The van der Waals surface area contributed by atoms with Gasteiger partial charge in [0.1, 0.15) is 0 Å². The Hall–Kier alpha value is -1.12. The number of nitrogens with one attached hydrogen (secondary N) is 1. The number of nitrogens with zero attached hydrogens (tertiary/aromatic N) is 1. The summed E-state index contributed by atoms with van der Waals surface area (Å²) in [7, 11) is -6.95. The van der Waals surface area contributed by atoms with Crippen molar-refractivity contribution in [3.63, 3.8) is 0 Å². The number of piperazine rings is 1. The van der Waals surface area contributed by atoms with Crippen LogP contribution in [-0.4, -0.2) is 55.0 Å². The lowest BCUT2D eigenvalue weighted by atomic mass is 10.2. The molecule has 6 nitrogen and oxygen atoms in total. The molecule has 1 heterocycles. The molecule has 8 heteroatoms. The second-order valence-corrected chi connectivity index (χ2v) is 9.47. The average molecular weight is 332 g/mol. The molecule has 118 valence electrons. The zero-order valence-corrected chi connectivity index (χ0v) is 14.0. The molecule has 1 fully saturated rings. The van der Waals surface area contributed by atoms with Crippen molar-refractivity contribution in [2.75, 3.05) is 37.0 Å². The summed E-state index contributed by atoms with van der Waals surface area (Å²) in [5.74, 6) is 0. The lowest BCUT2D eigenvalue weighted by molar-refractivity contribution is 0.482. The number of hydrogen-bond donors (Lipinski definition) is 1. The molecule has 0 spiro atoms. The number of sulfone groups is 2. The lowest BCUT2D eigenvalue weighted by Gasteiger charge is -2.34. The molecule has 0 bridgehead atoms. The minimum absolute atomic E-state index is 0.0230. The third-order valence-electron chi connectivity index (χ3n) is 3.47. The van der Waals surface area contributed by atoms with Crippen molar-refractivity contribution in [2.45, 2.75) is 22.8 Å². The van der Waals surface area contributed by atoms with E-state index in [0.717, 1.165) is 19.1 Å². The van der Waals surface area contributed by atoms with Gasteiger partial charge in [0.25, 0.3) is 0 Å². The molecular formula is C13H20N2O4S2. The maximum Gasteiger partial charge on any atom is 0.177 e. The summed E-state index contributed by atoms with van der Waals surface area (Å²) in [4.78, 5) is 2.07. The van der Waals surface area contributed by atoms with Gasteiger partial charge >= 0.3 is 0 Å². The predicted molar refractivity (Wildman–Crippen MR) is 82.3 cm³/mol. The standard InChI is InChI=1S/C13H20N2O4S2/c1-10-9-15(7-6-14-10)12-5-4-11(20(2,16)17)8-13(12)21(3,18)19/h4-5,8,10,14H,6-7,9H2,1-3H3. The highest BCUT2D eigenvalue weighted by Gasteiger charge is 2.24. The first-order chi connectivity index (χ1) is 9.59. The Morgan fingerprint density at radius 3 is 2.33 bits per heavy atom. The van der Waals surface area contributed by atoms with E-state index in [1.165, 1.54) is 12.1 Å². The van der Waals surface area contributed by atoms with Crippen LogP contribution in [0.4, 0.5) is 5.69 Å². The molecular weight excluding hydrogens is 312 g/mol. The number of anilines is 1. The third kappa shape index (κ3) is 3.75. The zero-order chi connectivity index (χ0) is 15.8. The summed E-state index contributed by atoms with van der Waals surface area (Å²) < 4.78 is 47.3. The summed E-state index contributed by atoms with van der Waals surface area (Å²) in [6, 6.07) is 4.56. The molecule has 0 radical (unpaired) electrons. The van der Waals surface area contributed by atoms with Crippen LogP contribution in [0.15, 0.2) is 28.0 Å². The van der Waals surface area contributed by atoms with E-state index >= 15 is 0 Å². The molecule has 1 saturated heterocycles. The van der Waals surface area contributed by atoms with E-state index < -0.39 is 19.7 Å². The monoisotopic (exact) mass is 332 g/mol. The molecule has 0 amide bonds. The smallest absolute Gasteiger partial charge is 0.177 e. The van der Waals surface area contributed by atoms with E-state index in [2.05, 4.69) is 5.32 Å². The summed E-state index contributed by atoms with van der Waals surface area (Å²) in [5.41, 5.74) is 0.568. The van der Waals surface area contributed by atoms with Gasteiger partial charge in [0.2, 0.25) is 0 Å². The second kappa shape index (κ2) is 5.58. The molecule has 1 atom stereocenters. The predicted octanol–water partition coefficient (Wildman–Crippen LogP) is 0.292. The molecule has 1 aromatic rings. The average Bonchev–Trinajstić information content (AvgIpc) is 2.36. The highest BCUT2D eigenvalue weighted by molar-refractivity contribution is 7.91. The van der Waals surface area contributed by atoms with E-state index in [1.807, 2.05) is 11.8 Å². The maximum atomic E-state index is 12.0. The number of benzene rings is 1. The van der Waals surface area contributed by atoms with Crippen molar-refractivity contribution in [2.24, 2.45) is 0 Å². The summed E-state index contributed by atoms with van der Waals surface area (Å²) >= 11 is 0. The normalized spacial score (nSPS) is 20.5. The van der Waals surface area contributed by atoms with Gasteiger partial charge in [-0.3, -0.25) is 0 Å². The van der Waals surface area contributed by atoms with Gasteiger partial charge in [-0.05, 0) is 25.1 Å². The van der Waals surface area contributed by atoms with Crippen LogP contribution in [0.2, 0.25) is 0 Å². The molecule has 2 rings (SSSR count). The topological polar surface area (TPSA) is 83.6 Å². The van der Waals surface area contributed by atoms with Crippen LogP contribution in [0.25, 0.3) is 0 Å². The first-order valence-corrected chi connectivity index (χ1v) is 10.4. The summed E-state index contributed by atoms with van der Waals surface area (Å²) in [6.07, 6.45) is 2.17. The fraction of sp³-hybridized carbons (Fsp3) is 0.538. The maximum absolute atomic E-state index is 12.0. The Kier molecular flexibility index (Phi) is 4.32. The Morgan fingerprint density at radius 1 is 1.14 bits per heavy atom. The van der Waals surface area contributed by atoms with Crippen LogP contribution < -0.4 is 10.2 Å². The molecule has 1 aromatic carbocycles. The fourth-order valence-electron chi connectivity index (χ4n) is 2.43. The van der Waals surface area contributed by atoms with Crippen LogP contribution in [0, 0.1) is 0 Å². The minimum atomic E-state index is -3.51. The molecule has 1 aliphatic rings. The van der Waals surface area contributed by atoms with Crippen molar-refractivity contribution in [1.29, 1.82) is 0 Å². The van der Waals surface area contributed by atoms with E-state index in [0.29, 0.717) is 18.8 Å². The van der Waals surface area contributed by atoms with E-state index in [4.69, 9.17) is 0 Å². The Labute approximate surface area is 126 Å². The number of hydrogen-bond acceptors (Lipinski definition) is 6. The molecule has 1 aliphatic heterocycles. The summed E-state index contributed by atoms with van der Waals surface area (Å²) in [6.45, 7) is 4.15. The van der Waals surface area contributed by atoms with Gasteiger partial charge in [-0.2, -0.15) is 0 Å². The SMILES string of the molecule is CC1CN(c2ccc(S(C)(=O)=O)cc2S(C)(=O)=O)CCN1. The van der Waals surface area contributed by atoms with Gasteiger partial charge < -0.3 is 10.2 Å². The molecule has 21 heavy (non-hydrogen) atoms. The van der Waals surface area contributed by atoms with Crippen molar-refractivity contribution < 1.29 is 16.8 Å². The van der Waals surface area contributed by atoms with Crippen LogP contribution in [0.1, 0.15) is 6.92 Å². The van der Waals surface area contributed by atoms with E-state index in [1.54, 1.807) is 6.07 Å². The van der Waals surface area contributed by atoms with Gasteiger partial charge in [0.15, 0.2) is 19.7 Å². The molecule has 1 N–H and O–H groups in total. The van der Waals surface area contributed by atoms with Crippen LogP contribution in [0.3, 0.4) is 0 Å². The largest absolute Gasteiger partial charge is 0.368 e.